The fourth-order valence-corrected chi connectivity index (χ4v) is 8.44. The highest BCUT2D eigenvalue weighted by Crippen LogP contribution is 2.66. The maximum atomic E-state index is 16.5. The van der Waals surface area contributed by atoms with Gasteiger partial charge in [0.1, 0.15) is 12.3 Å². The summed E-state index contributed by atoms with van der Waals surface area (Å²) >= 11 is 0. The van der Waals surface area contributed by atoms with Crippen LogP contribution in [0.1, 0.15) is 77.2 Å². The topological polar surface area (TPSA) is 70.3 Å². The normalized spacial score (nSPS) is 43.2. The maximum Gasteiger partial charge on any atom is 0.173 e. The Morgan fingerprint density at radius 3 is 2.68 bits per heavy atom. The Morgan fingerprint density at radius 1 is 1.15 bits per heavy atom. The van der Waals surface area contributed by atoms with E-state index in [0.717, 1.165) is 44.6 Å². The first-order valence-corrected chi connectivity index (χ1v) is 12.8. The Morgan fingerprint density at radius 2 is 1.94 bits per heavy atom. The fraction of sp³-hybridized carbons (Fsp3) is 0.714. The standard InChI is InChI=1S/C28H35F2NO3/c1-26(33)11-12-28(30)18(14-26)4-5-19-20-6-7-22(27(20,2)10-9-21(19)28)24(32)16-34-25-8-3-17(15-31)13-23(25)29/h3,8,13,18-22,33H,4-7,9-12,14,16H2,1-2H3/t18-,19+,20+,21+,22-,26-,27+,28-/m1/s1. The van der Waals surface area contributed by atoms with E-state index < -0.39 is 17.1 Å². The minimum atomic E-state index is -1.19. The van der Waals surface area contributed by atoms with Gasteiger partial charge in [0.15, 0.2) is 17.3 Å². The van der Waals surface area contributed by atoms with Crippen molar-refractivity contribution < 1.29 is 23.4 Å². The first-order chi connectivity index (χ1) is 16.1. The number of halogens is 2. The number of carbonyl (C=O) groups excluding carboxylic acids is 1. The molecule has 184 valence electrons. The molecule has 1 aromatic carbocycles. The van der Waals surface area contributed by atoms with Gasteiger partial charge in [0, 0.05) is 5.92 Å². The summed E-state index contributed by atoms with van der Waals surface area (Å²) in [5.74, 6) is -0.235. The third-order valence-electron chi connectivity index (χ3n) is 10.1. The van der Waals surface area contributed by atoms with E-state index in [2.05, 4.69) is 6.92 Å². The summed E-state index contributed by atoms with van der Waals surface area (Å²) in [6.07, 6.45) is 6.65. The molecule has 0 aliphatic heterocycles. The third-order valence-corrected chi connectivity index (χ3v) is 10.1. The Kier molecular flexibility index (Phi) is 5.79. The number of ether oxygens (including phenoxy) is 1. The summed E-state index contributed by atoms with van der Waals surface area (Å²) in [5.41, 5.74) is -1.91. The zero-order valence-electron chi connectivity index (χ0n) is 20.2. The van der Waals surface area contributed by atoms with Crippen LogP contribution in [0.4, 0.5) is 8.78 Å². The van der Waals surface area contributed by atoms with Crippen molar-refractivity contribution in [2.24, 2.45) is 35.0 Å². The van der Waals surface area contributed by atoms with Crippen LogP contribution in [0.15, 0.2) is 18.2 Å². The summed E-state index contributed by atoms with van der Waals surface area (Å²) in [7, 11) is 0. The number of nitrogens with zero attached hydrogens (tertiary/aromatic N) is 1. The molecule has 0 heterocycles. The number of fused-ring (bicyclic) bond motifs is 5. The van der Waals surface area contributed by atoms with Crippen molar-refractivity contribution in [3.05, 3.63) is 29.6 Å². The van der Waals surface area contributed by atoms with Crippen LogP contribution in [-0.4, -0.2) is 28.8 Å². The molecule has 0 amide bonds. The van der Waals surface area contributed by atoms with E-state index in [1.165, 1.54) is 12.1 Å². The van der Waals surface area contributed by atoms with Gasteiger partial charge in [-0.2, -0.15) is 5.26 Å². The fourth-order valence-electron chi connectivity index (χ4n) is 8.44. The molecule has 0 bridgehead atoms. The molecule has 8 atom stereocenters. The monoisotopic (exact) mass is 471 g/mol. The predicted molar refractivity (Wildman–Crippen MR) is 123 cm³/mol. The van der Waals surface area contributed by atoms with Crippen LogP contribution in [0, 0.1) is 52.2 Å². The molecule has 4 nitrogen and oxygen atoms in total. The molecule has 4 fully saturated rings. The number of rotatable bonds is 4. The quantitative estimate of drug-likeness (QED) is 0.606. The SMILES string of the molecule is C[C@@]1(O)CC[C@@]2(F)[C@H](CC[C@H]3[C@@H]4CC[C@H](C(=O)COc5ccc(C#N)cc5F)[C@@]4(C)CC[C@@H]32)C1. The number of Topliss-reactive ketones (excluding diaryl/α,β-unsaturated/α-hetero) is 1. The first kappa shape index (κ1) is 23.7. The molecule has 34 heavy (non-hydrogen) atoms. The van der Waals surface area contributed by atoms with Gasteiger partial charge < -0.3 is 9.84 Å². The van der Waals surface area contributed by atoms with Gasteiger partial charge in [0.2, 0.25) is 0 Å². The zero-order chi connectivity index (χ0) is 24.3. The Bertz CT molecular complexity index is 1020. The van der Waals surface area contributed by atoms with Gasteiger partial charge in [-0.05, 0) is 112 Å². The van der Waals surface area contributed by atoms with E-state index >= 15 is 4.39 Å². The number of nitriles is 1. The Hall–Kier alpha value is -2.00. The average molecular weight is 472 g/mol. The van der Waals surface area contributed by atoms with E-state index in [0.29, 0.717) is 25.2 Å². The highest BCUT2D eigenvalue weighted by molar-refractivity contribution is 5.83. The van der Waals surface area contributed by atoms with Gasteiger partial charge in [0.25, 0.3) is 0 Å². The van der Waals surface area contributed by atoms with Crippen LogP contribution in [-0.2, 0) is 4.79 Å². The maximum absolute atomic E-state index is 16.5. The molecule has 0 radical (unpaired) electrons. The average Bonchev–Trinajstić information content (AvgIpc) is 3.15. The van der Waals surface area contributed by atoms with Crippen LogP contribution < -0.4 is 4.74 Å². The molecule has 0 unspecified atom stereocenters. The summed E-state index contributed by atoms with van der Waals surface area (Å²) in [4.78, 5) is 13.2. The summed E-state index contributed by atoms with van der Waals surface area (Å²) in [6.45, 7) is 3.86. The first-order valence-electron chi connectivity index (χ1n) is 12.8. The van der Waals surface area contributed by atoms with Crippen molar-refractivity contribution in [3.8, 4) is 11.8 Å². The lowest BCUT2D eigenvalue weighted by Gasteiger charge is -2.59. The molecule has 0 saturated heterocycles. The van der Waals surface area contributed by atoms with Crippen LogP contribution in [0.3, 0.4) is 0 Å². The number of hydrogen-bond donors (Lipinski definition) is 1. The highest BCUT2D eigenvalue weighted by Gasteiger charge is 2.63. The van der Waals surface area contributed by atoms with Crippen molar-refractivity contribution in [3.63, 3.8) is 0 Å². The number of aliphatic hydroxyl groups is 1. The second-order valence-corrected chi connectivity index (χ2v) is 12.0. The van der Waals surface area contributed by atoms with E-state index in [-0.39, 0.29) is 52.8 Å². The summed E-state index contributed by atoms with van der Waals surface area (Å²) in [6, 6.07) is 5.87. The van der Waals surface area contributed by atoms with Crippen molar-refractivity contribution in [1.82, 2.24) is 0 Å². The predicted octanol–water partition coefficient (Wildman–Crippen LogP) is 5.76. The van der Waals surface area contributed by atoms with Gasteiger partial charge in [-0.3, -0.25) is 4.79 Å². The minimum Gasteiger partial charge on any atom is -0.483 e. The smallest absolute Gasteiger partial charge is 0.173 e. The number of hydrogen-bond acceptors (Lipinski definition) is 4. The number of carbonyl (C=O) groups is 1. The van der Waals surface area contributed by atoms with Crippen LogP contribution in [0.25, 0.3) is 0 Å². The Labute approximate surface area is 200 Å². The van der Waals surface area contributed by atoms with Gasteiger partial charge in [-0.25, -0.2) is 8.78 Å². The lowest BCUT2D eigenvalue weighted by molar-refractivity contribution is -0.166. The number of alkyl halides is 1. The zero-order valence-corrected chi connectivity index (χ0v) is 20.2. The van der Waals surface area contributed by atoms with E-state index in [9.17, 15) is 14.3 Å². The van der Waals surface area contributed by atoms with Crippen LogP contribution >= 0.6 is 0 Å². The lowest BCUT2D eigenvalue weighted by atomic mass is 9.48. The molecule has 6 heteroatoms. The van der Waals surface area contributed by atoms with Crippen LogP contribution in [0.5, 0.6) is 5.75 Å². The molecule has 0 aromatic heterocycles. The highest BCUT2D eigenvalue weighted by atomic mass is 19.1. The summed E-state index contributed by atoms with van der Waals surface area (Å²) in [5, 5.41) is 19.4. The largest absolute Gasteiger partial charge is 0.483 e. The van der Waals surface area contributed by atoms with Crippen LogP contribution in [0.2, 0.25) is 0 Å². The third kappa shape index (κ3) is 3.75. The van der Waals surface area contributed by atoms with Crippen molar-refractivity contribution in [2.75, 3.05) is 6.61 Å². The molecule has 4 aliphatic carbocycles. The van der Waals surface area contributed by atoms with Crippen molar-refractivity contribution in [1.29, 1.82) is 5.26 Å². The second kappa shape index (κ2) is 8.29. The minimum absolute atomic E-state index is 0.00966. The lowest BCUT2D eigenvalue weighted by Crippen LogP contribution is -2.58. The summed E-state index contributed by atoms with van der Waals surface area (Å²) < 4.78 is 36.2. The molecular weight excluding hydrogens is 436 g/mol. The molecular formula is C28H35F2NO3. The second-order valence-electron chi connectivity index (χ2n) is 12.0. The number of ketones is 1. The van der Waals surface area contributed by atoms with Gasteiger partial charge in [-0.1, -0.05) is 6.92 Å². The molecule has 4 saturated carbocycles. The molecule has 4 aliphatic rings. The van der Waals surface area contributed by atoms with Gasteiger partial charge in [0.05, 0.1) is 17.2 Å². The van der Waals surface area contributed by atoms with E-state index in [1.54, 1.807) is 0 Å². The Balaban J connectivity index is 1.28. The van der Waals surface area contributed by atoms with Crippen molar-refractivity contribution >= 4 is 5.78 Å². The number of benzene rings is 1. The molecule has 1 aromatic rings. The van der Waals surface area contributed by atoms with E-state index in [4.69, 9.17) is 10.00 Å². The molecule has 5 rings (SSSR count). The van der Waals surface area contributed by atoms with Gasteiger partial charge >= 0.3 is 0 Å². The van der Waals surface area contributed by atoms with E-state index in [1.807, 2.05) is 13.0 Å². The molecule has 1 N–H and O–H groups in total. The molecule has 0 spiro atoms. The van der Waals surface area contributed by atoms with Gasteiger partial charge in [-0.15, -0.1) is 0 Å². The van der Waals surface area contributed by atoms with Crippen molar-refractivity contribution in [2.45, 2.75) is 82.9 Å².